The molecule has 3 heterocycles. The van der Waals surface area contributed by atoms with Crippen LogP contribution in [0.5, 0.6) is 0 Å². The van der Waals surface area contributed by atoms with Crippen molar-refractivity contribution >= 4 is 22.4 Å². The van der Waals surface area contributed by atoms with Crippen LogP contribution in [0.2, 0.25) is 0 Å². The molecule has 3 rings (SSSR count). The molecule has 0 unspecified atom stereocenters. The molecule has 2 aromatic rings. The zero-order valence-corrected chi connectivity index (χ0v) is 15.3. The maximum Gasteiger partial charge on any atom is 0.258 e. The summed E-state index contributed by atoms with van der Waals surface area (Å²) in [5.41, 5.74) is 1.46. The van der Waals surface area contributed by atoms with Gasteiger partial charge in [0, 0.05) is 32.0 Å². The number of aromatic nitrogens is 3. The fraction of sp³-hybridized carbons (Fsp3) is 0.625. The van der Waals surface area contributed by atoms with E-state index in [1.807, 2.05) is 32.7 Å². The van der Waals surface area contributed by atoms with Gasteiger partial charge in [-0.25, -0.2) is 0 Å². The van der Waals surface area contributed by atoms with Crippen LogP contribution in [0, 0.1) is 6.92 Å². The van der Waals surface area contributed by atoms with Crippen LogP contribution in [-0.4, -0.2) is 45.5 Å². The van der Waals surface area contributed by atoms with Crippen molar-refractivity contribution in [2.24, 2.45) is 0 Å². The van der Waals surface area contributed by atoms with Crippen LogP contribution in [-0.2, 0) is 0 Å². The third-order valence-electron chi connectivity index (χ3n) is 4.33. The fourth-order valence-corrected chi connectivity index (χ4v) is 3.71. The lowest BCUT2D eigenvalue weighted by Crippen LogP contribution is -2.39. The predicted octanol–water partition coefficient (Wildman–Crippen LogP) is 3.02. The second kappa shape index (κ2) is 6.88. The van der Waals surface area contributed by atoms with E-state index in [9.17, 15) is 4.79 Å². The Labute approximate surface area is 145 Å². The van der Waals surface area contributed by atoms with Crippen LogP contribution in [0.15, 0.2) is 4.52 Å². The Hall–Kier alpha value is -1.96. The molecule has 1 aliphatic heterocycles. The highest BCUT2D eigenvalue weighted by Gasteiger charge is 2.31. The van der Waals surface area contributed by atoms with Gasteiger partial charge in [0.1, 0.15) is 5.00 Å². The van der Waals surface area contributed by atoms with Crippen LogP contribution < -0.4 is 5.32 Å². The molecule has 1 saturated heterocycles. The maximum absolute atomic E-state index is 12.9. The monoisotopic (exact) mass is 349 g/mol. The molecule has 0 aliphatic carbocycles. The van der Waals surface area contributed by atoms with E-state index in [0.29, 0.717) is 23.8 Å². The molecule has 0 radical (unpaired) electrons. The lowest BCUT2D eigenvalue weighted by molar-refractivity contribution is 0.0704. The Bertz CT molecular complexity index is 724. The predicted molar refractivity (Wildman–Crippen MR) is 92.7 cm³/mol. The number of likely N-dealkylation sites (tertiary alicyclic amines) is 1. The zero-order chi connectivity index (χ0) is 17.3. The highest BCUT2D eigenvalue weighted by atomic mass is 32.1. The maximum atomic E-state index is 12.9. The molecule has 1 N–H and O–H groups in total. The van der Waals surface area contributed by atoms with Crippen LogP contribution in [0.1, 0.15) is 66.3 Å². The molecule has 8 heteroatoms. The van der Waals surface area contributed by atoms with Crippen molar-refractivity contribution in [1.82, 2.24) is 19.4 Å². The van der Waals surface area contributed by atoms with Crippen molar-refractivity contribution < 1.29 is 9.32 Å². The molecule has 0 spiro atoms. The Balaban J connectivity index is 1.77. The van der Waals surface area contributed by atoms with Crippen LogP contribution >= 0.6 is 11.5 Å². The van der Waals surface area contributed by atoms with Gasteiger partial charge in [0.05, 0.1) is 11.3 Å². The van der Waals surface area contributed by atoms with Gasteiger partial charge in [0.15, 0.2) is 5.82 Å². The average molecular weight is 349 g/mol. The summed E-state index contributed by atoms with van der Waals surface area (Å²) in [5, 5.41) is 8.01. The van der Waals surface area contributed by atoms with Crippen LogP contribution in [0.3, 0.4) is 0 Å². The minimum Gasteiger partial charge on any atom is -0.378 e. The highest BCUT2D eigenvalue weighted by molar-refractivity contribution is 7.10. The third-order valence-corrected chi connectivity index (χ3v) is 5.28. The Morgan fingerprint density at radius 1 is 1.46 bits per heavy atom. The van der Waals surface area contributed by atoms with Crippen LogP contribution in [0.25, 0.3) is 0 Å². The van der Waals surface area contributed by atoms with Gasteiger partial charge in [-0.2, -0.15) is 9.36 Å². The van der Waals surface area contributed by atoms with Crippen LogP contribution in [0.4, 0.5) is 5.00 Å². The minimum absolute atomic E-state index is 0.0304. The number of hydrogen-bond acceptors (Lipinski definition) is 7. The van der Waals surface area contributed by atoms with E-state index in [1.54, 1.807) is 0 Å². The van der Waals surface area contributed by atoms with E-state index in [1.165, 1.54) is 11.5 Å². The first kappa shape index (κ1) is 16.9. The molecule has 1 aliphatic rings. The van der Waals surface area contributed by atoms with E-state index in [-0.39, 0.29) is 17.7 Å². The number of nitrogens with one attached hydrogen (secondary N) is 1. The molecule has 1 fully saturated rings. The minimum atomic E-state index is 0.0304. The molecular weight excluding hydrogens is 326 g/mol. The van der Waals surface area contributed by atoms with Gasteiger partial charge in [-0.15, -0.1) is 0 Å². The van der Waals surface area contributed by atoms with Gasteiger partial charge in [0.2, 0.25) is 5.89 Å². The zero-order valence-electron chi connectivity index (χ0n) is 14.5. The lowest BCUT2D eigenvalue weighted by atomic mass is 9.96. The van der Waals surface area contributed by atoms with E-state index >= 15 is 0 Å². The summed E-state index contributed by atoms with van der Waals surface area (Å²) >= 11 is 1.32. The largest absolute Gasteiger partial charge is 0.378 e. The topological polar surface area (TPSA) is 84.2 Å². The molecule has 130 valence electrons. The van der Waals surface area contributed by atoms with Crippen molar-refractivity contribution in [3.05, 3.63) is 23.0 Å². The SMILES string of the molecule is CNc1snc(C)c1C(=O)N1CCC[C@H](c2noc(C(C)C)n2)C1. The van der Waals surface area contributed by atoms with E-state index in [4.69, 9.17) is 4.52 Å². The van der Waals surface area contributed by atoms with E-state index in [0.717, 1.165) is 30.1 Å². The number of anilines is 1. The Morgan fingerprint density at radius 3 is 2.92 bits per heavy atom. The molecule has 7 nitrogen and oxygen atoms in total. The molecule has 1 amide bonds. The molecular formula is C16H23N5O2S. The molecule has 24 heavy (non-hydrogen) atoms. The van der Waals surface area contributed by atoms with Crippen molar-refractivity contribution in [2.75, 3.05) is 25.5 Å². The highest BCUT2D eigenvalue weighted by Crippen LogP contribution is 2.30. The summed E-state index contributed by atoms with van der Waals surface area (Å²) in [4.78, 5) is 19.3. The first-order chi connectivity index (χ1) is 11.5. The lowest BCUT2D eigenvalue weighted by Gasteiger charge is -2.31. The Morgan fingerprint density at radius 2 is 2.25 bits per heavy atom. The van der Waals surface area contributed by atoms with Crippen molar-refractivity contribution in [1.29, 1.82) is 0 Å². The third kappa shape index (κ3) is 3.15. The average Bonchev–Trinajstić information content (AvgIpc) is 3.21. The Kier molecular flexibility index (Phi) is 4.84. The number of carbonyl (C=O) groups is 1. The number of aryl methyl sites for hydroxylation is 1. The number of carbonyl (C=O) groups excluding carboxylic acids is 1. The second-order valence-electron chi connectivity index (χ2n) is 6.46. The van der Waals surface area contributed by atoms with E-state index < -0.39 is 0 Å². The van der Waals surface area contributed by atoms with Gasteiger partial charge >= 0.3 is 0 Å². The first-order valence-corrected chi connectivity index (χ1v) is 9.05. The summed E-state index contributed by atoms with van der Waals surface area (Å²) < 4.78 is 9.62. The van der Waals surface area contributed by atoms with Crippen molar-refractivity contribution in [3.63, 3.8) is 0 Å². The number of rotatable bonds is 4. The quantitative estimate of drug-likeness (QED) is 0.913. The number of nitrogens with zero attached hydrogens (tertiary/aromatic N) is 4. The molecule has 1 atom stereocenters. The first-order valence-electron chi connectivity index (χ1n) is 8.28. The second-order valence-corrected chi connectivity index (χ2v) is 7.23. The molecule has 0 saturated carbocycles. The van der Waals surface area contributed by atoms with Gasteiger partial charge < -0.3 is 14.7 Å². The number of hydrogen-bond donors (Lipinski definition) is 1. The smallest absolute Gasteiger partial charge is 0.258 e. The summed E-state index contributed by atoms with van der Waals surface area (Å²) in [6.45, 7) is 7.30. The summed E-state index contributed by atoms with van der Waals surface area (Å²) in [6, 6.07) is 0. The number of piperidine rings is 1. The van der Waals surface area contributed by atoms with Gasteiger partial charge in [-0.3, -0.25) is 4.79 Å². The normalized spacial score (nSPS) is 18.2. The summed E-state index contributed by atoms with van der Waals surface area (Å²) in [5.74, 6) is 1.74. The van der Waals surface area contributed by atoms with Crippen molar-refractivity contribution in [2.45, 2.75) is 45.4 Å². The molecule has 2 aromatic heterocycles. The molecule has 0 aromatic carbocycles. The summed E-state index contributed by atoms with van der Waals surface area (Å²) in [7, 11) is 1.81. The fourth-order valence-electron chi connectivity index (χ4n) is 2.97. The van der Waals surface area contributed by atoms with Gasteiger partial charge in [-0.05, 0) is 31.3 Å². The molecule has 0 bridgehead atoms. The summed E-state index contributed by atoms with van der Waals surface area (Å²) in [6.07, 6.45) is 1.91. The van der Waals surface area contributed by atoms with Gasteiger partial charge in [0.25, 0.3) is 5.91 Å². The van der Waals surface area contributed by atoms with Gasteiger partial charge in [-0.1, -0.05) is 19.0 Å². The number of amides is 1. The van der Waals surface area contributed by atoms with E-state index in [2.05, 4.69) is 19.8 Å². The standard InChI is InChI=1S/C16H23N5O2S/c1-9(2)14-18-13(19-23-14)11-6-5-7-21(8-11)16(22)12-10(3)20-24-15(12)17-4/h9,11,17H,5-8H2,1-4H3/t11-/m0/s1. The van der Waals surface area contributed by atoms with Crippen molar-refractivity contribution in [3.8, 4) is 0 Å².